The molecule has 0 aliphatic carbocycles. The second-order valence-electron chi connectivity index (χ2n) is 6.55. The Morgan fingerprint density at radius 3 is 2.41 bits per heavy atom. The van der Waals surface area contributed by atoms with Gasteiger partial charge in [-0.1, -0.05) is 0 Å². The van der Waals surface area contributed by atoms with Gasteiger partial charge in [0.05, 0.1) is 31.6 Å². The molecule has 1 aliphatic heterocycles. The molecule has 0 unspecified atom stereocenters. The van der Waals surface area contributed by atoms with Crippen molar-refractivity contribution in [2.75, 3.05) is 26.0 Å². The van der Waals surface area contributed by atoms with Crippen LogP contribution in [0.2, 0.25) is 0 Å². The second kappa shape index (κ2) is 7.61. The largest absolute Gasteiger partial charge is 0.450 e. The van der Waals surface area contributed by atoms with Gasteiger partial charge < -0.3 is 9.47 Å². The monoisotopic (exact) mass is 336 g/mol. The number of carbonyl (C=O) groups excluding carboxylic acids is 1. The molecule has 130 valence electrons. The lowest BCUT2D eigenvalue weighted by Crippen LogP contribution is -2.55. The molecule has 0 spiro atoms. The number of amides is 1. The number of nitrogens with zero attached hydrogens (tertiary/aromatic N) is 1. The average molecular weight is 336 g/mol. The van der Waals surface area contributed by atoms with Crippen molar-refractivity contribution in [1.82, 2.24) is 9.62 Å². The Kier molecular flexibility index (Phi) is 6.64. The summed E-state index contributed by atoms with van der Waals surface area (Å²) >= 11 is 0. The van der Waals surface area contributed by atoms with Crippen molar-refractivity contribution in [3.63, 3.8) is 0 Å². The summed E-state index contributed by atoms with van der Waals surface area (Å²) in [6, 6.07) is -0.0615. The Morgan fingerprint density at radius 2 is 2.00 bits per heavy atom. The van der Waals surface area contributed by atoms with E-state index in [1.165, 1.54) is 0 Å². The van der Waals surface area contributed by atoms with Gasteiger partial charge in [0.1, 0.15) is 0 Å². The summed E-state index contributed by atoms with van der Waals surface area (Å²) in [5.41, 5.74) is -0.363. The minimum absolute atomic E-state index is 0.0615. The van der Waals surface area contributed by atoms with E-state index in [0.717, 1.165) is 12.7 Å². The Labute approximate surface area is 133 Å². The Balaban J connectivity index is 2.61. The molecule has 0 aromatic heterocycles. The van der Waals surface area contributed by atoms with E-state index < -0.39 is 10.0 Å². The van der Waals surface area contributed by atoms with Crippen molar-refractivity contribution >= 4 is 16.1 Å². The highest BCUT2D eigenvalue weighted by Crippen LogP contribution is 2.25. The predicted molar refractivity (Wildman–Crippen MR) is 84.2 cm³/mol. The van der Waals surface area contributed by atoms with Crippen LogP contribution < -0.4 is 4.72 Å². The van der Waals surface area contributed by atoms with E-state index in [0.29, 0.717) is 19.6 Å². The van der Waals surface area contributed by atoms with Crippen LogP contribution in [0.15, 0.2) is 0 Å². The van der Waals surface area contributed by atoms with E-state index in [1.54, 1.807) is 11.8 Å². The molecule has 0 aromatic carbocycles. The van der Waals surface area contributed by atoms with Gasteiger partial charge in [0, 0.05) is 12.1 Å². The molecule has 0 aromatic rings. The number of hydrogen-bond donors (Lipinski definition) is 1. The van der Waals surface area contributed by atoms with Crippen LogP contribution in [0.1, 0.15) is 40.5 Å². The number of nitrogens with one attached hydrogen (secondary N) is 1. The normalized spacial score (nSPS) is 23.1. The minimum Gasteiger partial charge on any atom is -0.450 e. The van der Waals surface area contributed by atoms with E-state index in [2.05, 4.69) is 4.72 Å². The van der Waals surface area contributed by atoms with Gasteiger partial charge >= 0.3 is 6.09 Å². The lowest BCUT2D eigenvalue weighted by Gasteiger charge is -2.43. The van der Waals surface area contributed by atoms with E-state index >= 15 is 0 Å². The number of hydrogen-bond acceptors (Lipinski definition) is 5. The van der Waals surface area contributed by atoms with Crippen molar-refractivity contribution in [3.8, 4) is 0 Å². The molecule has 0 saturated carbocycles. The highest BCUT2D eigenvalue weighted by Gasteiger charge is 2.37. The number of ether oxygens (including phenoxy) is 2. The van der Waals surface area contributed by atoms with Gasteiger partial charge in [0.25, 0.3) is 0 Å². The van der Waals surface area contributed by atoms with E-state index in [-0.39, 0.29) is 30.3 Å². The summed E-state index contributed by atoms with van der Waals surface area (Å²) in [4.78, 5) is 13.9. The van der Waals surface area contributed by atoms with Gasteiger partial charge in [-0.2, -0.15) is 0 Å². The first kappa shape index (κ1) is 19.2. The van der Waals surface area contributed by atoms with Crippen LogP contribution in [0.5, 0.6) is 0 Å². The molecule has 1 amide bonds. The lowest BCUT2D eigenvalue weighted by molar-refractivity contribution is -0.0517. The van der Waals surface area contributed by atoms with E-state index in [4.69, 9.17) is 9.47 Å². The quantitative estimate of drug-likeness (QED) is 0.819. The Morgan fingerprint density at radius 1 is 1.36 bits per heavy atom. The van der Waals surface area contributed by atoms with Gasteiger partial charge in [-0.25, -0.2) is 17.9 Å². The van der Waals surface area contributed by atoms with E-state index in [9.17, 15) is 13.2 Å². The first-order valence-electron chi connectivity index (χ1n) is 7.57. The molecule has 1 aliphatic rings. The maximum absolute atomic E-state index is 12.2. The van der Waals surface area contributed by atoms with Crippen molar-refractivity contribution in [2.45, 2.75) is 58.2 Å². The van der Waals surface area contributed by atoms with Crippen LogP contribution >= 0.6 is 0 Å². The molecule has 1 rings (SSSR count). The fraction of sp³-hybridized carbons (Fsp3) is 0.929. The van der Waals surface area contributed by atoms with Crippen LogP contribution in [0.25, 0.3) is 0 Å². The lowest BCUT2D eigenvalue weighted by atomic mass is 9.98. The van der Waals surface area contributed by atoms with Crippen molar-refractivity contribution in [2.24, 2.45) is 0 Å². The zero-order valence-corrected chi connectivity index (χ0v) is 14.9. The molecule has 1 saturated heterocycles. The van der Waals surface area contributed by atoms with Gasteiger partial charge in [-0.05, 0) is 40.5 Å². The summed E-state index contributed by atoms with van der Waals surface area (Å²) in [6.07, 6.45) is 2.08. The Hall–Kier alpha value is -0.860. The Bertz CT molecular complexity index is 464. The molecule has 1 heterocycles. The van der Waals surface area contributed by atoms with Crippen molar-refractivity contribution in [1.29, 1.82) is 0 Å². The molecule has 22 heavy (non-hydrogen) atoms. The third kappa shape index (κ3) is 6.10. The first-order chi connectivity index (χ1) is 10.0. The van der Waals surface area contributed by atoms with Crippen LogP contribution in [-0.4, -0.2) is 63.1 Å². The molecule has 2 atom stereocenters. The van der Waals surface area contributed by atoms with Crippen LogP contribution in [-0.2, 0) is 19.5 Å². The highest BCUT2D eigenvalue weighted by atomic mass is 32.2. The minimum atomic E-state index is -3.21. The topological polar surface area (TPSA) is 84.9 Å². The molecular formula is C14H28N2O5S. The van der Waals surface area contributed by atoms with Gasteiger partial charge in [0.15, 0.2) is 0 Å². The standard InChI is InChI=1S/C14H28N2O5S/c1-6-20-13(17)16(14(2,3)4)11-7-8-12(21-10-11)9-15-22(5,18)19/h11-12,15H,6-10H2,1-5H3/t11-,12+/m1/s1. The maximum atomic E-state index is 12.2. The average Bonchev–Trinajstić information content (AvgIpc) is 2.36. The van der Waals surface area contributed by atoms with E-state index in [1.807, 2.05) is 20.8 Å². The third-order valence-corrected chi connectivity index (χ3v) is 4.16. The molecule has 0 bridgehead atoms. The summed E-state index contributed by atoms with van der Waals surface area (Å²) in [5.74, 6) is 0. The van der Waals surface area contributed by atoms with Gasteiger partial charge in [0.2, 0.25) is 10.0 Å². The molecule has 8 heteroatoms. The summed E-state index contributed by atoms with van der Waals surface area (Å²) in [6.45, 7) is 8.64. The summed E-state index contributed by atoms with van der Waals surface area (Å²) in [7, 11) is -3.21. The number of sulfonamides is 1. The van der Waals surface area contributed by atoms with Crippen LogP contribution in [0.3, 0.4) is 0 Å². The maximum Gasteiger partial charge on any atom is 0.410 e. The first-order valence-corrected chi connectivity index (χ1v) is 9.46. The van der Waals surface area contributed by atoms with Crippen molar-refractivity contribution < 1.29 is 22.7 Å². The molecular weight excluding hydrogens is 308 g/mol. The zero-order chi connectivity index (χ0) is 17.0. The molecule has 7 nitrogen and oxygen atoms in total. The predicted octanol–water partition coefficient (Wildman–Crippen LogP) is 1.34. The fourth-order valence-electron chi connectivity index (χ4n) is 2.56. The van der Waals surface area contributed by atoms with Gasteiger partial charge in [-0.3, -0.25) is 4.90 Å². The fourth-order valence-corrected chi connectivity index (χ4v) is 3.05. The number of rotatable bonds is 5. The molecule has 0 radical (unpaired) electrons. The SMILES string of the molecule is CCOC(=O)N([C@@H]1CC[C@@H](CNS(C)(=O)=O)OC1)C(C)(C)C. The van der Waals surface area contributed by atoms with Crippen molar-refractivity contribution in [3.05, 3.63) is 0 Å². The molecule has 1 fully saturated rings. The number of carbonyl (C=O) groups is 1. The summed E-state index contributed by atoms with van der Waals surface area (Å²) < 4.78 is 35.5. The highest BCUT2D eigenvalue weighted by molar-refractivity contribution is 7.88. The van der Waals surface area contributed by atoms with Gasteiger partial charge in [-0.15, -0.1) is 0 Å². The zero-order valence-electron chi connectivity index (χ0n) is 14.1. The van der Waals surface area contributed by atoms with Crippen LogP contribution in [0.4, 0.5) is 4.79 Å². The third-order valence-electron chi connectivity index (χ3n) is 3.47. The smallest absolute Gasteiger partial charge is 0.410 e. The summed E-state index contributed by atoms with van der Waals surface area (Å²) in [5, 5.41) is 0. The molecule has 1 N–H and O–H groups in total. The van der Waals surface area contributed by atoms with Crippen LogP contribution in [0, 0.1) is 0 Å². The second-order valence-corrected chi connectivity index (χ2v) is 8.38.